The van der Waals surface area contributed by atoms with Crippen LogP contribution in [0.5, 0.6) is 0 Å². The van der Waals surface area contributed by atoms with E-state index in [-0.39, 0.29) is 16.9 Å². The molecule has 1 unspecified atom stereocenters. The molecule has 1 aliphatic carbocycles. The number of benzene rings is 1. The Bertz CT molecular complexity index is 336. The summed E-state index contributed by atoms with van der Waals surface area (Å²) in [6.45, 7) is 0. The van der Waals surface area contributed by atoms with Crippen LogP contribution < -0.4 is 5.73 Å². The number of rotatable bonds is 3. The normalized spacial score (nSPS) is 18.2. The van der Waals surface area contributed by atoms with Crippen molar-refractivity contribution in [2.45, 2.75) is 25.3 Å². The minimum Gasteiger partial charge on any atom is -0.327 e. The second kappa shape index (κ2) is 3.87. The number of halogens is 2. The first-order valence-corrected chi connectivity index (χ1v) is 5.24. The number of nitrogens with two attached hydrogens (primary N) is 1. The maximum absolute atomic E-state index is 12.8. The van der Waals surface area contributed by atoms with Gasteiger partial charge in [-0.3, -0.25) is 0 Å². The van der Waals surface area contributed by atoms with Crippen molar-refractivity contribution in [3.8, 4) is 0 Å². The summed E-state index contributed by atoms with van der Waals surface area (Å²) >= 11 is 5.68. The van der Waals surface area contributed by atoms with Gasteiger partial charge in [-0.2, -0.15) is 0 Å². The SMILES string of the molecule is NC(Cc1ccc(F)c(Cl)c1)C1CC1. The van der Waals surface area contributed by atoms with Gasteiger partial charge in [0.25, 0.3) is 0 Å². The van der Waals surface area contributed by atoms with Crippen LogP contribution in [0.15, 0.2) is 18.2 Å². The zero-order chi connectivity index (χ0) is 10.1. The maximum Gasteiger partial charge on any atom is 0.141 e. The fraction of sp³-hybridized carbons (Fsp3) is 0.455. The van der Waals surface area contributed by atoms with Gasteiger partial charge in [0.2, 0.25) is 0 Å². The first kappa shape index (κ1) is 9.94. The largest absolute Gasteiger partial charge is 0.327 e. The fourth-order valence-electron chi connectivity index (χ4n) is 1.63. The molecule has 1 atom stereocenters. The van der Waals surface area contributed by atoms with Crippen LogP contribution in [0.25, 0.3) is 0 Å². The molecular formula is C11H13ClFN. The first-order valence-electron chi connectivity index (χ1n) is 4.86. The highest BCUT2D eigenvalue weighted by atomic mass is 35.5. The average Bonchev–Trinajstić information content (AvgIpc) is 2.94. The van der Waals surface area contributed by atoms with Gasteiger partial charge in [-0.1, -0.05) is 17.7 Å². The molecule has 2 N–H and O–H groups in total. The zero-order valence-corrected chi connectivity index (χ0v) is 8.60. The lowest BCUT2D eigenvalue weighted by atomic mass is 10.0. The van der Waals surface area contributed by atoms with E-state index in [0.29, 0.717) is 5.92 Å². The molecule has 14 heavy (non-hydrogen) atoms. The van der Waals surface area contributed by atoms with Crippen molar-refractivity contribution in [3.05, 3.63) is 34.6 Å². The molecule has 0 spiro atoms. The van der Waals surface area contributed by atoms with Crippen LogP contribution in [0.4, 0.5) is 4.39 Å². The molecule has 1 aromatic rings. The first-order chi connectivity index (χ1) is 6.66. The summed E-state index contributed by atoms with van der Waals surface area (Å²) in [6, 6.07) is 5.02. The molecule has 0 amide bonds. The van der Waals surface area contributed by atoms with Crippen molar-refractivity contribution in [1.82, 2.24) is 0 Å². The summed E-state index contributed by atoms with van der Waals surface area (Å²) in [6.07, 6.45) is 3.26. The molecule has 0 aromatic heterocycles. The van der Waals surface area contributed by atoms with E-state index >= 15 is 0 Å². The van der Waals surface area contributed by atoms with Crippen LogP contribution in [-0.4, -0.2) is 6.04 Å². The molecular weight excluding hydrogens is 201 g/mol. The molecule has 1 fully saturated rings. The van der Waals surface area contributed by atoms with Crippen LogP contribution in [0.2, 0.25) is 5.02 Å². The average molecular weight is 214 g/mol. The fourth-order valence-corrected chi connectivity index (χ4v) is 1.83. The molecule has 2 rings (SSSR count). The Kier molecular flexibility index (Phi) is 2.75. The van der Waals surface area contributed by atoms with Crippen molar-refractivity contribution >= 4 is 11.6 Å². The highest BCUT2D eigenvalue weighted by Gasteiger charge is 2.28. The molecule has 1 aromatic carbocycles. The maximum atomic E-state index is 12.8. The van der Waals surface area contributed by atoms with E-state index in [0.717, 1.165) is 12.0 Å². The van der Waals surface area contributed by atoms with Crippen LogP contribution in [0, 0.1) is 11.7 Å². The smallest absolute Gasteiger partial charge is 0.141 e. The molecule has 3 heteroatoms. The lowest BCUT2D eigenvalue weighted by Gasteiger charge is -2.10. The van der Waals surface area contributed by atoms with Crippen molar-refractivity contribution in [2.24, 2.45) is 11.7 Å². The van der Waals surface area contributed by atoms with E-state index in [1.807, 2.05) is 0 Å². The van der Waals surface area contributed by atoms with Crippen molar-refractivity contribution in [2.75, 3.05) is 0 Å². The second-order valence-electron chi connectivity index (χ2n) is 3.95. The standard InChI is InChI=1S/C11H13ClFN/c12-9-5-7(1-4-10(9)13)6-11(14)8-2-3-8/h1,4-5,8,11H,2-3,6,14H2. The van der Waals surface area contributed by atoms with Gasteiger partial charge in [0, 0.05) is 6.04 Å². The zero-order valence-electron chi connectivity index (χ0n) is 7.84. The minimum absolute atomic E-state index is 0.186. The lowest BCUT2D eigenvalue weighted by Crippen LogP contribution is -2.24. The van der Waals surface area contributed by atoms with Gasteiger partial charge in [0.15, 0.2) is 0 Å². The Morgan fingerprint density at radius 1 is 1.50 bits per heavy atom. The molecule has 1 saturated carbocycles. The van der Waals surface area contributed by atoms with Crippen LogP contribution in [-0.2, 0) is 6.42 Å². The van der Waals surface area contributed by atoms with E-state index in [1.54, 1.807) is 12.1 Å². The molecule has 0 bridgehead atoms. The molecule has 1 nitrogen and oxygen atoms in total. The summed E-state index contributed by atoms with van der Waals surface area (Å²) in [5, 5.41) is 0.186. The summed E-state index contributed by atoms with van der Waals surface area (Å²) < 4.78 is 12.8. The van der Waals surface area contributed by atoms with E-state index in [1.165, 1.54) is 18.9 Å². The number of hydrogen-bond donors (Lipinski definition) is 1. The lowest BCUT2D eigenvalue weighted by molar-refractivity contribution is 0.588. The van der Waals surface area contributed by atoms with Crippen LogP contribution in [0.3, 0.4) is 0 Å². The van der Waals surface area contributed by atoms with Gasteiger partial charge in [-0.05, 0) is 42.9 Å². The Labute approximate surface area is 88.1 Å². The monoisotopic (exact) mass is 213 g/mol. The third kappa shape index (κ3) is 2.25. The van der Waals surface area contributed by atoms with E-state index in [2.05, 4.69) is 0 Å². The number of hydrogen-bond acceptors (Lipinski definition) is 1. The van der Waals surface area contributed by atoms with E-state index < -0.39 is 0 Å². The summed E-state index contributed by atoms with van der Waals surface area (Å²) in [5.41, 5.74) is 6.99. The molecule has 1 aliphatic rings. The Morgan fingerprint density at radius 2 is 2.21 bits per heavy atom. The summed E-state index contributed by atoms with van der Waals surface area (Å²) in [7, 11) is 0. The molecule has 0 aliphatic heterocycles. The highest BCUT2D eigenvalue weighted by Crippen LogP contribution is 2.33. The second-order valence-corrected chi connectivity index (χ2v) is 4.36. The summed E-state index contributed by atoms with van der Waals surface area (Å²) in [5.74, 6) is 0.300. The molecule has 0 radical (unpaired) electrons. The van der Waals surface area contributed by atoms with Crippen molar-refractivity contribution in [1.29, 1.82) is 0 Å². The Morgan fingerprint density at radius 3 is 2.79 bits per heavy atom. The van der Waals surface area contributed by atoms with Gasteiger partial charge in [-0.15, -0.1) is 0 Å². The highest BCUT2D eigenvalue weighted by molar-refractivity contribution is 6.30. The molecule has 0 saturated heterocycles. The van der Waals surface area contributed by atoms with Gasteiger partial charge in [0.05, 0.1) is 5.02 Å². The van der Waals surface area contributed by atoms with Crippen molar-refractivity contribution < 1.29 is 4.39 Å². The third-order valence-electron chi connectivity index (χ3n) is 2.68. The van der Waals surface area contributed by atoms with Crippen LogP contribution >= 0.6 is 11.6 Å². The van der Waals surface area contributed by atoms with Crippen LogP contribution in [0.1, 0.15) is 18.4 Å². The van der Waals surface area contributed by atoms with E-state index in [9.17, 15) is 4.39 Å². The van der Waals surface area contributed by atoms with Crippen molar-refractivity contribution in [3.63, 3.8) is 0 Å². The molecule has 0 heterocycles. The predicted molar refractivity (Wildman–Crippen MR) is 55.8 cm³/mol. The minimum atomic E-state index is -0.365. The van der Waals surface area contributed by atoms with Gasteiger partial charge < -0.3 is 5.73 Å². The Hall–Kier alpha value is -0.600. The third-order valence-corrected chi connectivity index (χ3v) is 2.97. The van der Waals surface area contributed by atoms with E-state index in [4.69, 9.17) is 17.3 Å². The van der Waals surface area contributed by atoms with Gasteiger partial charge in [0.1, 0.15) is 5.82 Å². The van der Waals surface area contributed by atoms with Gasteiger partial charge in [-0.25, -0.2) is 4.39 Å². The Balaban J connectivity index is 2.04. The summed E-state index contributed by atoms with van der Waals surface area (Å²) in [4.78, 5) is 0. The quantitative estimate of drug-likeness (QED) is 0.821. The molecule has 76 valence electrons. The van der Waals surface area contributed by atoms with Gasteiger partial charge >= 0.3 is 0 Å². The predicted octanol–water partition coefficient (Wildman–Crippen LogP) is 2.76. The topological polar surface area (TPSA) is 26.0 Å².